The van der Waals surface area contributed by atoms with Gasteiger partial charge in [-0.3, -0.25) is 9.98 Å². The van der Waals surface area contributed by atoms with Crippen molar-refractivity contribution in [2.24, 2.45) is 10.7 Å². The lowest BCUT2D eigenvalue weighted by molar-refractivity contribution is 0.503. The zero-order chi connectivity index (χ0) is 22.4. The second kappa shape index (κ2) is 7.80. The number of fused-ring (bicyclic) bond motifs is 1. The molecule has 1 atom stereocenters. The molecular weight excluding hydrogens is 433 g/mol. The number of anilines is 2. The fourth-order valence-electron chi connectivity index (χ4n) is 3.49. The Balaban J connectivity index is 1.76. The number of hydrogen-bond acceptors (Lipinski definition) is 6. The van der Waals surface area contributed by atoms with Crippen LogP contribution in [0.2, 0.25) is 5.02 Å². The third-order valence-corrected chi connectivity index (χ3v) is 7.29. The van der Waals surface area contributed by atoms with E-state index in [1.54, 1.807) is 42.4 Å². The number of aliphatic imine (C=N–C) groups is 1. The highest BCUT2D eigenvalue weighted by molar-refractivity contribution is 8.01. The van der Waals surface area contributed by atoms with Gasteiger partial charge in [-0.2, -0.15) is 0 Å². The summed E-state index contributed by atoms with van der Waals surface area (Å²) in [5.41, 5.74) is 8.06. The van der Waals surface area contributed by atoms with Crippen molar-refractivity contribution in [3.8, 4) is 0 Å². The summed E-state index contributed by atoms with van der Waals surface area (Å²) in [6.45, 7) is 9.77. The van der Waals surface area contributed by atoms with Crippen LogP contribution in [0.15, 0.2) is 48.2 Å². The van der Waals surface area contributed by atoms with Crippen molar-refractivity contribution < 1.29 is 4.39 Å². The van der Waals surface area contributed by atoms with Crippen LogP contribution in [-0.2, 0) is 5.54 Å². The van der Waals surface area contributed by atoms with Gasteiger partial charge in [-0.1, -0.05) is 24.3 Å². The molecule has 0 spiro atoms. The van der Waals surface area contributed by atoms with Crippen LogP contribution in [0.25, 0.3) is 17.0 Å². The minimum Gasteiger partial charge on any atom is -0.386 e. The van der Waals surface area contributed by atoms with E-state index in [1.807, 2.05) is 26.8 Å². The SMILES string of the molecule is C=Cc1cnc(Nc2ccc(F)c(C3(C)CSC(C)(C)C(N)=N3)c2)c2ncc(Cl)cc12. The van der Waals surface area contributed by atoms with Gasteiger partial charge in [0, 0.05) is 40.3 Å². The number of hydrogen-bond donors (Lipinski definition) is 2. The van der Waals surface area contributed by atoms with E-state index in [9.17, 15) is 4.39 Å². The van der Waals surface area contributed by atoms with Crippen molar-refractivity contribution in [2.75, 3.05) is 11.1 Å². The summed E-state index contributed by atoms with van der Waals surface area (Å²) in [5.74, 6) is 1.35. The zero-order valence-electron chi connectivity index (χ0n) is 17.5. The summed E-state index contributed by atoms with van der Waals surface area (Å²) in [4.78, 5) is 13.6. The molecule has 0 aliphatic carbocycles. The first-order valence-electron chi connectivity index (χ1n) is 9.76. The van der Waals surface area contributed by atoms with Crippen LogP contribution < -0.4 is 11.1 Å². The molecule has 4 rings (SSSR count). The Morgan fingerprint density at radius 1 is 1.23 bits per heavy atom. The number of nitrogens with zero attached hydrogens (tertiary/aromatic N) is 3. The highest BCUT2D eigenvalue weighted by Crippen LogP contribution is 2.42. The molecule has 160 valence electrons. The summed E-state index contributed by atoms with van der Waals surface area (Å²) < 4.78 is 14.6. The quantitative estimate of drug-likeness (QED) is 0.511. The van der Waals surface area contributed by atoms with Crippen molar-refractivity contribution in [1.29, 1.82) is 0 Å². The lowest BCUT2D eigenvalue weighted by Crippen LogP contribution is -2.44. The molecule has 0 amide bonds. The molecule has 1 aliphatic heterocycles. The van der Waals surface area contributed by atoms with Gasteiger partial charge < -0.3 is 11.1 Å². The number of amidine groups is 1. The number of thioether (sulfide) groups is 1. The molecule has 31 heavy (non-hydrogen) atoms. The highest BCUT2D eigenvalue weighted by atomic mass is 35.5. The first-order chi connectivity index (χ1) is 14.6. The molecule has 0 saturated carbocycles. The molecule has 3 aromatic rings. The summed E-state index contributed by atoms with van der Waals surface area (Å²) in [6.07, 6.45) is 4.98. The van der Waals surface area contributed by atoms with E-state index in [4.69, 9.17) is 17.3 Å². The van der Waals surface area contributed by atoms with Crippen LogP contribution in [0, 0.1) is 5.82 Å². The van der Waals surface area contributed by atoms with Gasteiger partial charge in [-0.15, -0.1) is 11.8 Å². The Kier molecular flexibility index (Phi) is 5.43. The molecule has 3 heterocycles. The average Bonchev–Trinajstić information content (AvgIpc) is 2.73. The number of rotatable bonds is 4. The van der Waals surface area contributed by atoms with E-state index in [2.05, 4.69) is 26.9 Å². The number of aromatic nitrogens is 2. The number of nitrogens with one attached hydrogen (secondary N) is 1. The van der Waals surface area contributed by atoms with Crippen LogP contribution in [0.3, 0.4) is 0 Å². The predicted molar refractivity (Wildman–Crippen MR) is 130 cm³/mol. The van der Waals surface area contributed by atoms with E-state index in [-0.39, 0.29) is 10.6 Å². The van der Waals surface area contributed by atoms with E-state index in [1.165, 1.54) is 6.07 Å². The molecule has 0 saturated heterocycles. The van der Waals surface area contributed by atoms with Gasteiger partial charge in [-0.05, 0) is 45.0 Å². The molecule has 2 aromatic heterocycles. The van der Waals surface area contributed by atoms with Crippen LogP contribution in [0.1, 0.15) is 31.9 Å². The van der Waals surface area contributed by atoms with Crippen molar-refractivity contribution in [1.82, 2.24) is 9.97 Å². The Morgan fingerprint density at radius 2 is 2.00 bits per heavy atom. The Morgan fingerprint density at radius 3 is 2.71 bits per heavy atom. The van der Waals surface area contributed by atoms with Crippen LogP contribution in [0.5, 0.6) is 0 Å². The maximum atomic E-state index is 14.9. The number of benzene rings is 1. The Hall–Kier alpha value is -2.64. The van der Waals surface area contributed by atoms with Crippen molar-refractivity contribution in [3.63, 3.8) is 0 Å². The van der Waals surface area contributed by atoms with Gasteiger partial charge in [0.2, 0.25) is 0 Å². The fraction of sp³-hybridized carbons (Fsp3) is 0.261. The topological polar surface area (TPSA) is 76.2 Å². The van der Waals surface area contributed by atoms with E-state index < -0.39 is 5.54 Å². The number of halogens is 2. The fourth-order valence-corrected chi connectivity index (χ4v) is 4.70. The normalized spacial score (nSPS) is 20.4. The van der Waals surface area contributed by atoms with Gasteiger partial charge in [-0.25, -0.2) is 9.37 Å². The molecular formula is C23H23ClFN5S. The van der Waals surface area contributed by atoms with E-state index in [0.717, 1.165) is 10.9 Å². The van der Waals surface area contributed by atoms with Gasteiger partial charge in [0.25, 0.3) is 0 Å². The third kappa shape index (κ3) is 4.00. The van der Waals surface area contributed by atoms with Gasteiger partial charge in [0.1, 0.15) is 17.2 Å². The number of nitrogens with two attached hydrogens (primary N) is 1. The Bertz CT molecular complexity index is 1230. The first-order valence-corrected chi connectivity index (χ1v) is 11.1. The molecule has 1 aliphatic rings. The highest BCUT2D eigenvalue weighted by Gasteiger charge is 2.39. The Labute approximate surface area is 190 Å². The van der Waals surface area contributed by atoms with E-state index >= 15 is 0 Å². The summed E-state index contributed by atoms with van der Waals surface area (Å²) >= 11 is 7.80. The van der Waals surface area contributed by atoms with E-state index in [0.29, 0.717) is 39.2 Å². The molecule has 5 nitrogen and oxygen atoms in total. The maximum Gasteiger partial charge on any atom is 0.156 e. The van der Waals surface area contributed by atoms with Gasteiger partial charge in [0.15, 0.2) is 5.82 Å². The minimum absolute atomic E-state index is 0.269. The average molecular weight is 456 g/mol. The molecule has 8 heteroatoms. The van der Waals surface area contributed by atoms with Crippen molar-refractivity contribution in [3.05, 3.63) is 65.2 Å². The lowest BCUT2D eigenvalue weighted by Gasteiger charge is -2.38. The van der Waals surface area contributed by atoms with Crippen molar-refractivity contribution in [2.45, 2.75) is 31.1 Å². The largest absolute Gasteiger partial charge is 0.386 e. The molecule has 1 unspecified atom stereocenters. The second-order valence-corrected chi connectivity index (χ2v) is 10.2. The summed E-state index contributed by atoms with van der Waals surface area (Å²) in [5, 5.41) is 4.62. The third-order valence-electron chi connectivity index (χ3n) is 5.45. The van der Waals surface area contributed by atoms with Crippen LogP contribution >= 0.6 is 23.4 Å². The minimum atomic E-state index is -0.764. The zero-order valence-corrected chi connectivity index (χ0v) is 19.1. The van der Waals surface area contributed by atoms with Crippen LogP contribution in [0.4, 0.5) is 15.9 Å². The molecule has 0 fully saturated rings. The maximum absolute atomic E-state index is 14.9. The summed E-state index contributed by atoms with van der Waals surface area (Å²) in [7, 11) is 0. The predicted octanol–water partition coefficient (Wildman–Crippen LogP) is 5.91. The lowest BCUT2D eigenvalue weighted by atomic mass is 9.92. The van der Waals surface area contributed by atoms with Crippen LogP contribution in [-0.4, -0.2) is 26.3 Å². The second-order valence-electron chi connectivity index (χ2n) is 8.21. The number of pyridine rings is 2. The molecule has 1 aromatic carbocycles. The van der Waals surface area contributed by atoms with Gasteiger partial charge in [0.05, 0.1) is 15.3 Å². The smallest absolute Gasteiger partial charge is 0.156 e. The summed E-state index contributed by atoms with van der Waals surface area (Å²) in [6, 6.07) is 6.68. The van der Waals surface area contributed by atoms with Crippen molar-refractivity contribution >= 4 is 57.7 Å². The molecule has 0 bridgehead atoms. The van der Waals surface area contributed by atoms with Gasteiger partial charge >= 0.3 is 0 Å². The molecule has 0 radical (unpaired) electrons. The monoisotopic (exact) mass is 455 g/mol. The standard InChI is InChI=1S/C23H23ClFN5S/c1-5-13-10-28-20(19-16(13)8-14(24)11-27-19)29-15-6-7-18(25)17(9-15)23(4)12-31-22(2,3)21(26)30-23/h5-11H,1,12H2,2-4H3,(H2,26,30)(H,28,29). The molecule has 3 N–H and O–H groups in total. The first kappa shape index (κ1) is 21.6.